The molecule has 8 nitrogen and oxygen atoms in total. The van der Waals surface area contributed by atoms with E-state index in [1.54, 1.807) is 6.92 Å². The number of carbonyl (C=O) groups is 2. The van der Waals surface area contributed by atoms with Crippen LogP contribution in [0.25, 0.3) is 0 Å². The van der Waals surface area contributed by atoms with Gasteiger partial charge in [-0.15, -0.1) is 0 Å². The van der Waals surface area contributed by atoms with Crippen molar-refractivity contribution in [3.8, 4) is 0 Å². The van der Waals surface area contributed by atoms with Gasteiger partial charge in [0.2, 0.25) is 10.0 Å². The van der Waals surface area contributed by atoms with Crippen LogP contribution < -0.4 is 15.8 Å². The van der Waals surface area contributed by atoms with Crippen molar-refractivity contribution in [2.24, 2.45) is 5.14 Å². The fourth-order valence-corrected chi connectivity index (χ4v) is 3.96. The quantitative estimate of drug-likeness (QED) is 0.564. The Bertz CT molecular complexity index is 1120. The van der Waals surface area contributed by atoms with Crippen molar-refractivity contribution in [2.45, 2.75) is 37.6 Å². The number of benzene rings is 2. The van der Waals surface area contributed by atoms with Crippen LogP contribution in [-0.4, -0.2) is 32.9 Å². The third-order valence-corrected chi connectivity index (χ3v) is 5.86. The minimum Gasteiger partial charge on any atom is -0.463 e. The zero-order valence-electron chi connectivity index (χ0n) is 17.3. The van der Waals surface area contributed by atoms with Gasteiger partial charge in [0.25, 0.3) is 5.91 Å². The van der Waals surface area contributed by atoms with Gasteiger partial charge in [-0.3, -0.25) is 4.79 Å². The van der Waals surface area contributed by atoms with E-state index in [2.05, 4.69) is 10.6 Å². The Kier molecular flexibility index (Phi) is 6.77. The van der Waals surface area contributed by atoms with Crippen molar-refractivity contribution in [1.29, 1.82) is 0 Å². The van der Waals surface area contributed by atoms with E-state index < -0.39 is 21.9 Å². The molecule has 9 heteroatoms. The first-order valence-corrected chi connectivity index (χ1v) is 11.4. The molecule has 0 aromatic heterocycles. The lowest BCUT2D eigenvalue weighted by Crippen LogP contribution is -2.33. The fourth-order valence-electron chi connectivity index (χ4n) is 3.44. The summed E-state index contributed by atoms with van der Waals surface area (Å²) in [6, 6.07) is 12.8. The molecule has 164 valence electrons. The van der Waals surface area contributed by atoms with E-state index >= 15 is 0 Å². The Morgan fingerprint density at radius 2 is 1.87 bits per heavy atom. The number of primary sulfonamides is 1. The van der Waals surface area contributed by atoms with E-state index in [-0.39, 0.29) is 23.1 Å². The molecular weight excluding hydrogens is 418 g/mol. The van der Waals surface area contributed by atoms with Gasteiger partial charge in [-0.1, -0.05) is 12.1 Å². The average Bonchev–Trinajstić information content (AvgIpc) is 3.10. The molecule has 0 fully saturated rings. The van der Waals surface area contributed by atoms with Gasteiger partial charge in [0, 0.05) is 11.3 Å². The van der Waals surface area contributed by atoms with E-state index in [4.69, 9.17) is 9.88 Å². The number of hydrogen-bond acceptors (Lipinski definition) is 6. The minimum atomic E-state index is -3.85. The lowest BCUT2D eigenvalue weighted by molar-refractivity contribution is -0.138. The van der Waals surface area contributed by atoms with Crippen LogP contribution in [0.5, 0.6) is 0 Å². The van der Waals surface area contributed by atoms with Crippen LogP contribution in [-0.2, 0) is 19.6 Å². The predicted octanol–water partition coefficient (Wildman–Crippen LogP) is 2.46. The van der Waals surface area contributed by atoms with Crippen molar-refractivity contribution >= 4 is 27.6 Å². The Balaban J connectivity index is 1.86. The van der Waals surface area contributed by atoms with Crippen LogP contribution in [0.1, 0.15) is 35.7 Å². The topological polar surface area (TPSA) is 128 Å². The predicted molar refractivity (Wildman–Crippen MR) is 117 cm³/mol. The first-order chi connectivity index (χ1) is 14.7. The second kappa shape index (κ2) is 9.32. The number of carbonyl (C=O) groups excluding carboxylic acids is 2. The largest absolute Gasteiger partial charge is 0.463 e. The normalized spacial score (nSPS) is 16.2. The highest BCUT2D eigenvalue weighted by Crippen LogP contribution is 2.29. The monoisotopic (exact) mass is 443 g/mol. The van der Waals surface area contributed by atoms with Crippen LogP contribution in [0.2, 0.25) is 0 Å². The number of rotatable bonds is 7. The number of anilines is 1. The summed E-state index contributed by atoms with van der Waals surface area (Å²) >= 11 is 0. The maximum absolute atomic E-state index is 12.8. The molecule has 1 unspecified atom stereocenters. The molecule has 31 heavy (non-hydrogen) atoms. The summed E-state index contributed by atoms with van der Waals surface area (Å²) in [4.78, 5) is 25.2. The van der Waals surface area contributed by atoms with E-state index in [1.165, 1.54) is 24.3 Å². The van der Waals surface area contributed by atoms with Crippen molar-refractivity contribution < 1.29 is 22.7 Å². The first kappa shape index (κ1) is 22.5. The smallest absolute Gasteiger partial charge is 0.335 e. The van der Waals surface area contributed by atoms with Gasteiger partial charge < -0.3 is 15.4 Å². The summed E-state index contributed by atoms with van der Waals surface area (Å²) in [5.74, 6) is -0.924. The van der Waals surface area contributed by atoms with Crippen molar-refractivity contribution in [3.05, 3.63) is 70.9 Å². The Morgan fingerprint density at radius 1 is 1.16 bits per heavy atom. The third kappa shape index (κ3) is 5.50. The van der Waals surface area contributed by atoms with Gasteiger partial charge in [-0.2, -0.15) is 0 Å². The maximum atomic E-state index is 12.8. The first-order valence-electron chi connectivity index (χ1n) is 9.86. The van der Waals surface area contributed by atoms with E-state index in [0.717, 1.165) is 11.3 Å². The standard InChI is InChI=1S/C22H25N3O5S/c1-3-30-22(27)18-11-12-19(24-16-6-4-5-14(2)13-16)20(18)25-21(26)15-7-9-17(10-8-15)31(23,28)29/h4-10,13,19,24H,3,11-12H2,1-2H3,(H,25,26)(H2,23,28,29). The molecule has 0 saturated heterocycles. The molecule has 1 atom stereocenters. The molecule has 0 heterocycles. The Hall–Kier alpha value is -3.17. The van der Waals surface area contributed by atoms with Crippen molar-refractivity contribution in [1.82, 2.24) is 5.32 Å². The van der Waals surface area contributed by atoms with Crippen molar-refractivity contribution in [3.63, 3.8) is 0 Å². The lowest BCUT2D eigenvalue weighted by atomic mass is 10.1. The van der Waals surface area contributed by atoms with Crippen molar-refractivity contribution in [2.75, 3.05) is 11.9 Å². The molecule has 2 aromatic carbocycles. The molecule has 3 rings (SSSR count). The summed E-state index contributed by atoms with van der Waals surface area (Å²) in [6.45, 7) is 3.93. The van der Waals surface area contributed by atoms with E-state index in [0.29, 0.717) is 24.1 Å². The average molecular weight is 444 g/mol. The highest BCUT2D eigenvalue weighted by atomic mass is 32.2. The highest BCUT2D eigenvalue weighted by Gasteiger charge is 2.31. The Labute approximate surface area is 181 Å². The second-order valence-corrected chi connectivity index (χ2v) is 8.80. The van der Waals surface area contributed by atoms with Crippen LogP contribution in [0.15, 0.2) is 64.7 Å². The van der Waals surface area contributed by atoms with Gasteiger partial charge in [-0.25, -0.2) is 18.4 Å². The number of amides is 1. The van der Waals surface area contributed by atoms with Crippen LogP contribution in [0.4, 0.5) is 5.69 Å². The van der Waals surface area contributed by atoms with Gasteiger partial charge >= 0.3 is 5.97 Å². The molecule has 1 amide bonds. The molecule has 0 bridgehead atoms. The molecular formula is C22H25N3O5S. The van der Waals surface area contributed by atoms with Gasteiger partial charge in [-0.05, 0) is 68.7 Å². The highest BCUT2D eigenvalue weighted by molar-refractivity contribution is 7.89. The maximum Gasteiger partial charge on any atom is 0.335 e. The van der Waals surface area contributed by atoms with Gasteiger partial charge in [0.05, 0.1) is 28.8 Å². The number of ether oxygens (including phenoxy) is 1. The number of esters is 1. The summed E-state index contributed by atoms with van der Waals surface area (Å²) < 4.78 is 28.0. The Morgan fingerprint density at radius 3 is 2.48 bits per heavy atom. The van der Waals surface area contributed by atoms with Crippen LogP contribution in [0.3, 0.4) is 0 Å². The molecule has 0 saturated carbocycles. The van der Waals surface area contributed by atoms with Gasteiger partial charge in [0.15, 0.2) is 0 Å². The molecule has 1 aliphatic carbocycles. The zero-order valence-corrected chi connectivity index (χ0v) is 18.2. The molecule has 1 aliphatic rings. The van der Waals surface area contributed by atoms with Crippen LogP contribution in [0, 0.1) is 6.92 Å². The number of sulfonamides is 1. The number of aryl methyl sites for hydroxylation is 1. The van der Waals surface area contributed by atoms with Crippen LogP contribution >= 0.6 is 0 Å². The zero-order chi connectivity index (χ0) is 22.6. The SMILES string of the molecule is CCOC(=O)C1=C(NC(=O)c2ccc(S(N)(=O)=O)cc2)C(Nc2cccc(C)c2)CC1. The summed E-state index contributed by atoms with van der Waals surface area (Å²) in [5, 5.41) is 11.3. The molecule has 0 radical (unpaired) electrons. The molecule has 4 N–H and O–H groups in total. The van der Waals surface area contributed by atoms with E-state index in [1.807, 2.05) is 31.2 Å². The number of hydrogen-bond donors (Lipinski definition) is 3. The molecule has 2 aromatic rings. The number of nitrogens with one attached hydrogen (secondary N) is 2. The molecule has 0 spiro atoms. The molecule has 0 aliphatic heterocycles. The summed E-state index contributed by atoms with van der Waals surface area (Å²) in [6.07, 6.45) is 1.07. The van der Waals surface area contributed by atoms with E-state index in [9.17, 15) is 18.0 Å². The fraction of sp³-hybridized carbons (Fsp3) is 0.273. The summed E-state index contributed by atoms with van der Waals surface area (Å²) in [7, 11) is -3.85. The summed E-state index contributed by atoms with van der Waals surface area (Å²) in [5.41, 5.74) is 3.07. The third-order valence-electron chi connectivity index (χ3n) is 4.93. The lowest BCUT2D eigenvalue weighted by Gasteiger charge is -2.20. The van der Waals surface area contributed by atoms with Gasteiger partial charge in [0.1, 0.15) is 0 Å². The second-order valence-electron chi connectivity index (χ2n) is 7.24. The number of nitrogens with two attached hydrogens (primary N) is 1. The minimum absolute atomic E-state index is 0.0877.